The second-order valence-electron chi connectivity index (χ2n) is 8.97. The first-order valence-corrected chi connectivity index (χ1v) is 11.4. The molecule has 168 valence electrons. The van der Waals surface area contributed by atoms with Crippen LogP contribution in [0, 0.1) is 5.41 Å². The first kappa shape index (κ1) is 21.8. The molecule has 0 atom stereocenters. The third-order valence-corrected chi connectivity index (χ3v) is 6.65. The molecule has 7 nitrogen and oxygen atoms in total. The highest BCUT2D eigenvalue weighted by Gasteiger charge is 2.37. The van der Waals surface area contributed by atoms with Crippen molar-refractivity contribution in [2.24, 2.45) is 5.41 Å². The highest BCUT2D eigenvalue weighted by molar-refractivity contribution is 5.92. The number of carbonyl (C=O) groups excluding carboxylic acids is 1. The van der Waals surface area contributed by atoms with Crippen LogP contribution in [-0.2, 0) is 11.3 Å². The number of likely N-dealkylation sites (N-methyl/N-ethyl adjacent to an activating group) is 1. The number of nitrogens with zero attached hydrogens (tertiary/aromatic N) is 3. The van der Waals surface area contributed by atoms with E-state index in [-0.39, 0.29) is 11.3 Å². The van der Waals surface area contributed by atoms with Gasteiger partial charge in [0.1, 0.15) is 11.4 Å². The van der Waals surface area contributed by atoms with Crippen molar-refractivity contribution in [3.63, 3.8) is 0 Å². The van der Waals surface area contributed by atoms with E-state index in [0.717, 1.165) is 77.2 Å². The lowest BCUT2D eigenvalue weighted by molar-refractivity contribution is 0.0330. The van der Waals surface area contributed by atoms with E-state index in [4.69, 9.17) is 9.47 Å². The molecule has 2 aliphatic rings. The summed E-state index contributed by atoms with van der Waals surface area (Å²) >= 11 is 0. The van der Waals surface area contributed by atoms with E-state index in [1.807, 2.05) is 11.0 Å². The summed E-state index contributed by atoms with van der Waals surface area (Å²) in [5.41, 5.74) is 1.87. The fraction of sp³-hybridized carbons (Fsp3) is 0.583. The molecule has 31 heavy (non-hydrogen) atoms. The fourth-order valence-corrected chi connectivity index (χ4v) is 4.60. The zero-order valence-electron chi connectivity index (χ0n) is 18.5. The number of likely N-dealkylation sites (tertiary alicyclic amines) is 1. The van der Waals surface area contributed by atoms with Crippen molar-refractivity contribution in [2.45, 2.75) is 38.6 Å². The van der Waals surface area contributed by atoms with Crippen LogP contribution in [0.25, 0.3) is 0 Å². The predicted octanol–water partition coefficient (Wildman–Crippen LogP) is 3.34. The molecule has 0 saturated carbocycles. The number of aromatic amines is 1. The number of hydrogen-bond donors (Lipinski definition) is 1. The number of rotatable bonds is 1. The molecule has 1 N–H and O–H groups in total. The Morgan fingerprint density at radius 3 is 2.71 bits per heavy atom. The minimum atomic E-state index is 0.0379. The number of H-pyrrole nitrogens is 1. The summed E-state index contributed by atoms with van der Waals surface area (Å²) in [4.78, 5) is 16.9. The summed E-state index contributed by atoms with van der Waals surface area (Å²) in [6.45, 7) is 5.53. The van der Waals surface area contributed by atoms with Crippen LogP contribution in [0.5, 0.6) is 5.75 Å². The summed E-state index contributed by atoms with van der Waals surface area (Å²) in [7, 11) is 2.12. The molecule has 4 rings (SSSR count). The van der Waals surface area contributed by atoms with Crippen LogP contribution in [0.15, 0.2) is 36.5 Å². The fourth-order valence-electron chi connectivity index (χ4n) is 4.60. The summed E-state index contributed by atoms with van der Waals surface area (Å²) in [5.74, 6) is 1.01. The molecular weight excluding hydrogens is 392 g/mol. The number of aromatic nitrogens is 2. The van der Waals surface area contributed by atoms with Gasteiger partial charge in [0.25, 0.3) is 5.91 Å². The van der Waals surface area contributed by atoms with Crippen LogP contribution < -0.4 is 4.74 Å². The van der Waals surface area contributed by atoms with E-state index in [1.54, 1.807) is 12.3 Å². The highest BCUT2D eigenvalue weighted by atomic mass is 16.5. The van der Waals surface area contributed by atoms with Crippen molar-refractivity contribution >= 4 is 5.91 Å². The monoisotopic (exact) mass is 426 g/mol. The van der Waals surface area contributed by atoms with Crippen LogP contribution in [0.2, 0.25) is 0 Å². The van der Waals surface area contributed by atoms with Gasteiger partial charge in [0.05, 0.1) is 13.2 Å². The van der Waals surface area contributed by atoms with Crippen molar-refractivity contribution in [3.05, 3.63) is 47.8 Å². The lowest BCUT2D eigenvalue weighted by Crippen LogP contribution is -2.45. The van der Waals surface area contributed by atoms with Crippen molar-refractivity contribution in [2.75, 3.05) is 46.5 Å². The quantitative estimate of drug-likeness (QED) is 0.757. The lowest BCUT2D eigenvalue weighted by Gasteiger charge is -2.42. The SMILES string of the molecule is CN1CCOCCCCC2(CCN(C(=O)c3ccn[nH]3)CC2)COc2ccccc2C1. The molecule has 7 heteroatoms. The number of ether oxygens (including phenoxy) is 2. The highest BCUT2D eigenvalue weighted by Crippen LogP contribution is 2.38. The molecule has 2 aromatic rings. The van der Waals surface area contributed by atoms with E-state index in [0.29, 0.717) is 12.3 Å². The summed E-state index contributed by atoms with van der Waals surface area (Å²) in [6, 6.07) is 10.1. The Morgan fingerprint density at radius 1 is 1.06 bits per heavy atom. The summed E-state index contributed by atoms with van der Waals surface area (Å²) in [6.07, 6.45) is 6.82. The van der Waals surface area contributed by atoms with Gasteiger partial charge in [-0.2, -0.15) is 5.10 Å². The molecule has 1 aromatic carbocycles. The normalized spacial score (nSPS) is 21.1. The van der Waals surface area contributed by atoms with Crippen LogP contribution in [0.3, 0.4) is 0 Å². The predicted molar refractivity (Wildman–Crippen MR) is 119 cm³/mol. The summed E-state index contributed by atoms with van der Waals surface area (Å²) in [5, 5.41) is 6.71. The number of para-hydroxylation sites is 1. The lowest BCUT2D eigenvalue weighted by atomic mass is 9.75. The average molecular weight is 427 g/mol. The largest absolute Gasteiger partial charge is 0.493 e. The molecular formula is C24H34N4O3. The molecule has 0 aliphatic carbocycles. The van der Waals surface area contributed by atoms with E-state index >= 15 is 0 Å². The zero-order chi connectivity index (χ0) is 21.5. The van der Waals surface area contributed by atoms with Gasteiger partial charge in [0.2, 0.25) is 0 Å². The number of piperidine rings is 1. The Labute approximate surface area is 184 Å². The maximum atomic E-state index is 12.7. The second kappa shape index (κ2) is 10.3. The molecule has 1 saturated heterocycles. The maximum absolute atomic E-state index is 12.7. The van der Waals surface area contributed by atoms with Crippen molar-refractivity contribution < 1.29 is 14.3 Å². The van der Waals surface area contributed by atoms with Crippen molar-refractivity contribution in [1.82, 2.24) is 20.0 Å². The summed E-state index contributed by atoms with van der Waals surface area (Å²) < 4.78 is 12.3. The molecule has 1 amide bonds. The third-order valence-electron chi connectivity index (χ3n) is 6.65. The average Bonchev–Trinajstić information content (AvgIpc) is 3.33. The molecule has 1 aromatic heterocycles. The molecule has 1 spiro atoms. The maximum Gasteiger partial charge on any atom is 0.271 e. The van der Waals surface area contributed by atoms with Gasteiger partial charge in [-0.1, -0.05) is 24.6 Å². The molecule has 1 fully saturated rings. The minimum absolute atomic E-state index is 0.0379. The molecule has 0 radical (unpaired) electrons. The van der Waals surface area contributed by atoms with Crippen LogP contribution >= 0.6 is 0 Å². The number of amides is 1. The first-order valence-electron chi connectivity index (χ1n) is 11.4. The van der Waals surface area contributed by atoms with Crippen LogP contribution in [0.4, 0.5) is 0 Å². The number of benzene rings is 1. The van der Waals surface area contributed by atoms with E-state index in [9.17, 15) is 4.79 Å². The van der Waals surface area contributed by atoms with Gasteiger partial charge in [0.15, 0.2) is 0 Å². The molecule has 3 heterocycles. The Hall–Kier alpha value is -2.38. The Bertz CT molecular complexity index is 831. The third kappa shape index (κ3) is 5.66. The molecule has 0 unspecified atom stereocenters. The van der Waals surface area contributed by atoms with E-state index in [1.165, 1.54) is 5.56 Å². The van der Waals surface area contributed by atoms with Crippen molar-refractivity contribution in [3.8, 4) is 5.75 Å². The smallest absolute Gasteiger partial charge is 0.271 e. The van der Waals surface area contributed by atoms with Gasteiger partial charge in [-0.15, -0.1) is 0 Å². The van der Waals surface area contributed by atoms with Gasteiger partial charge < -0.3 is 14.4 Å². The van der Waals surface area contributed by atoms with Crippen LogP contribution in [-0.4, -0.2) is 72.4 Å². The number of carbonyl (C=O) groups is 1. The van der Waals surface area contributed by atoms with Gasteiger partial charge >= 0.3 is 0 Å². The van der Waals surface area contributed by atoms with E-state index < -0.39 is 0 Å². The Kier molecular flexibility index (Phi) is 7.25. The Morgan fingerprint density at radius 2 is 1.90 bits per heavy atom. The molecule has 0 bridgehead atoms. The number of nitrogens with one attached hydrogen (secondary N) is 1. The second-order valence-corrected chi connectivity index (χ2v) is 8.97. The number of hydrogen-bond acceptors (Lipinski definition) is 5. The standard InChI is InChI=1S/C24H34N4O3/c1-27-15-17-30-16-5-4-9-24(19-31-22-7-3-2-6-20(22)18-27)10-13-28(14-11-24)23(29)21-8-12-25-26-21/h2-3,6-8,12H,4-5,9-11,13-19H2,1H3,(H,25,26). The minimum Gasteiger partial charge on any atom is -0.493 e. The molecule has 2 aliphatic heterocycles. The van der Waals surface area contributed by atoms with E-state index in [2.05, 4.69) is 40.3 Å². The topological polar surface area (TPSA) is 70.7 Å². The van der Waals surface area contributed by atoms with Gasteiger partial charge in [-0.25, -0.2) is 0 Å². The van der Waals surface area contributed by atoms with Gasteiger partial charge in [0, 0.05) is 50.0 Å². The Balaban J connectivity index is 1.46. The van der Waals surface area contributed by atoms with Crippen LogP contribution in [0.1, 0.15) is 48.2 Å². The van der Waals surface area contributed by atoms with Gasteiger partial charge in [-0.05, 0) is 44.9 Å². The van der Waals surface area contributed by atoms with Gasteiger partial charge in [-0.3, -0.25) is 14.8 Å². The van der Waals surface area contributed by atoms with Crippen molar-refractivity contribution in [1.29, 1.82) is 0 Å². The number of fused-ring (bicyclic) bond motifs is 1. The first-order chi connectivity index (χ1) is 15.2. The zero-order valence-corrected chi connectivity index (χ0v) is 18.5.